The number of aryl methyl sites for hydroxylation is 2. The number of piperidine rings is 1. The lowest BCUT2D eigenvalue weighted by Gasteiger charge is -2.32. The Morgan fingerprint density at radius 2 is 1.70 bits per heavy atom. The van der Waals surface area contributed by atoms with Crippen LogP contribution in [0.2, 0.25) is 0 Å². The van der Waals surface area contributed by atoms with E-state index in [0.717, 1.165) is 38.4 Å². The number of nitrogens with zero attached hydrogens (tertiary/aromatic N) is 1. The number of nitrogens with one attached hydrogen (secondary N) is 1. The Morgan fingerprint density at radius 3 is 2.22 bits per heavy atom. The van der Waals surface area contributed by atoms with Gasteiger partial charge in [0.05, 0.1) is 4.90 Å². The Morgan fingerprint density at radius 1 is 1.13 bits per heavy atom. The van der Waals surface area contributed by atoms with E-state index in [2.05, 4.69) is 9.62 Å². The van der Waals surface area contributed by atoms with E-state index in [9.17, 15) is 12.8 Å². The van der Waals surface area contributed by atoms with Crippen LogP contribution in [0.5, 0.6) is 0 Å². The molecule has 6 heteroatoms. The summed E-state index contributed by atoms with van der Waals surface area (Å²) in [4.78, 5) is 2.60. The van der Waals surface area contributed by atoms with E-state index < -0.39 is 10.0 Å². The van der Waals surface area contributed by atoms with Gasteiger partial charge in [-0.25, -0.2) is 17.5 Å². The number of likely N-dealkylation sites (tertiary alicyclic amines) is 1. The molecule has 1 heterocycles. The summed E-state index contributed by atoms with van der Waals surface area (Å²) in [7, 11) is -3.59. The summed E-state index contributed by atoms with van der Waals surface area (Å²) in [6.07, 6.45) is 4.36. The van der Waals surface area contributed by atoms with Crippen molar-refractivity contribution in [3.8, 4) is 0 Å². The summed E-state index contributed by atoms with van der Waals surface area (Å²) in [6.45, 7) is 6.25. The number of sulfonamides is 1. The molecule has 0 spiro atoms. The van der Waals surface area contributed by atoms with Gasteiger partial charge in [0, 0.05) is 12.6 Å². The van der Waals surface area contributed by atoms with E-state index in [-0.39, 0.29) is 16.8 Å². The van der Waals surface area contributed by atoms with Gasteiger partial charge < -0.3 is 4.90 Å². The zero-order valence-corrected chi connectivity index (χ0v) is 14.6. The smallest absolute Gasteiger partial charge is 0.240 e. The first-order valence-electron chi connectivity index (χ1n) is 8.36. The largest absolute Gasteiger partial charge is 0.303 e. The number of hydrogen-bond acceptors (Lipinski definition) is 3. The van der Waals surface area contributed by atoms with Gasteiger partial charge in [0.15, 0.2) is 0 Å². The molecule has 1 aliphatic heterocycles. The maximum Gasteiger partial charge on any atom is 0.240 e. The molecule has 0 unspecified atom stereocenters. The van der Waals surface area contributed by atoms with Gasteiger partial charge in [-0.2, -0.15) is 0 Å². The zero-order chi connectivity index (χ0) is 16.6. The second-order valence-corrected chi connectivity index (χ2v) is 8.72. The summed E-state index contributed by atoms with van der Waals surface area (Å²) < 4.78 is 41.6. The summed E-state index contributed by atoms with van der Waals surface area (Å²) in [5.41, 5.74) is 0.731. The van der Waals surface area contributed by atoms with Crippen molar-refractivity contribution >= 4 is 10.0 Å². The van der Waals surface area contributed by atoms with Crippen molar-refractivity contribution in [3.05, 3.63) is 29.1 Å². The van der Waals surface area contributed by atoms with E-state index in [1.54, 1.807) is 13.8 Å². The Kier molecular flexibility index (Phi) is 4.76. The van der Waals surface area contributed by atoms with Crippen LogP contribution >= 0.6 is 0 Å². The van der Waals surface area contributed by atoms with Crippen LogP contribution in [-0.2, 0) is 10.0 Å². The van der Waals surface area contributed by atoms with Gasteiger partial charge in [-0.3, -0.25) is 0 Å². The summed E-state index contributed by atoms with van der Waals surface area (Å²) >= 11 is 0. The van der Waals surface area contributed by atoms with Gasteiger partial charge >= 0.3 is 0 Å². The lowest BCUT2D eigenvalue weighted by molar-refractivity contribution is 0.200. The van der Waals surface area contributed by atoms with Crippen LogP contribution in [0.1, 0.15) is 36.8 Å². The van der Waals surface area contributed by atoms with Crippen molar-refractivity contribution < 1.29 is 12.8 Å². The molecule has 1 saturated carbocycles. The molecule has 1 saturated heterocycles. The minimum atomic E-state index is -3.59. The van der Waals surface area contributed by atoms with Gasteiger partial charge in [-0.05, 0) is 81.8 Å². The molecule has 23 heavy (non-hydrogen) atoms. The summed E-state index contributed by atoms with van der Waals surface area (Å²) in [6, 6.07) is 2.79. The number of halogens is 1. The molecule has 2 aliphatic rings. The average molecular weight is 340 g/mol. The number of hydrogen-bond donors (Lipinski definition) is 1. The molecule has 0 aromatic heterocycles. The topological polar surface area (TPSA) is 49.4 Å². The van der Waals surface area contributed by atoms with Gasteiger partial charge in [0.1, 0.15) is 5.82 Å². The first-order chi connectivity index (χ1) is 10.8. The predicted octanol–water partition coefficient (Wildman–Crippen LogP) is 2.60. The third kappa shape index (κ3) is 4.11. The SMILES string of the molecule is Cc1cc(S(=O)(=O)NC2CCN(CC3CC3)CC2)cc(C)c1F. The molecule has 0 amide bonds. The fourth-order valence-corrected chi connectivity index (χ4v) is 4.72. The fourth-order valence-electron chi connectivity index (χ4n) is 3.25. The van der Waals surface area contributed by atoms with Crippen molar-refractivity contribution in [2.45, 2.75) is 50.5 Å². The third-order valence-corrected chi connectivity index (χ3v) is 6.34. The van der Waals surface area contributed by atoms with Gasteiger partial charge in [0.2, 0.25) is 10.0 Å². The molecule has 128 valence electrons. The lowest BCUT2D eigenvalue weighted by Crippen LogP contribution is -2.45. The highest BCUT2D eigenvalue weighted by molar-refractivity contribution is 7.89. The lowest BCUT2D eigenvalue weighted by atomic mass is 10.1. The van der Waals surface area contributed by atoms with Crippen molar-refractivity contribution in [1.29, 1.82) is 0 Å². The molecule has 1 N–H and O–H groups in total. The van der Waals surface area contributed by atoms with E-state index >= 15 is 0 Å². The van der Waals surface area contributed by atoms with Crippen molar-refractivity contribution in [2.75, 3.05) is 19.6 Å². The van der Waals surface area contributed by atoms with E-state index in [1.807, 2.05) is 0 Å². The standard InChI is InChI=1S/C17H25FN2O2S/c1-12-9-16(10-13(2)17(12)18)23(21,22)19-15-5-7-20(8-6-15)11-14-3-4-14/h9-10,14-15,19H,3-8,11H2,1-2H3. The molecule has 4 nitrogen and oxygen atoms in total. The highest BCUT2D eigenvalue weighted by Crippen LogP contribution is 2.30. The molecule has 1 aromatic rings. The van der Waals surface area contributed by atoms with Crippen LogP contribution in [-0.4, -0.2) is 39.0 Å². The Bertz CT molecular complexity index is 655. The van der Waals surface area contributed by atoms with Gasteiger partial charge in [-0.1, -0.05) is 0 Å². The molecular formula is C17H25FN2O2S. The second kappa shape index (κ2) is 6.49. The van der Waals surface area contributed by atoms with Gasteiger partial charge in [-0.15, -0.1) is 0 Å². The number of benzene rings is 1. The van der Waals surface area contributed by atoms with Crippen LogP contribution < -0.4 is 4.72 Å². The van der Waals surface area contributed by atoms with E-state index in [1.165, 1.54) is 25.0 Å². The maximum absolute atomic E-state index is 13.7. The molecule has 0 bridgehead atoms. The third-order valence-electron chi connectivity index (χ3n) is 4.84. The maximum atomic E-state index is 13.7. The first kappa shape index (κ1) is 16.9. The second-order valence-electron chi connectivity index (χ2n) is 7.01. The minimum absolute atomic E-state index is 0.0267. The van der Waals surface area contributed by atoms with Crippen molar-refractivity contribution in [1.82, 2.24) is 9.62 Å². The van der Waals surface area contributed by atoms with E-state index in [0.29, 0.717) is 11.1 Å². The van der Waals surface area contributed by atoms with Crippen molar-refractivity contribution in [3.63, 3.8) is 0 Å². The van der Waals surface area contributed by atoms with Crippen LogP contribution in [0.25, 0.3) is 0 Å². The molecular weight excluding hydrogens is 315 g/mol. The van der Waals surface area contributed by atoms with Gasteiger partial charge in [0.25, 0.3) is 0 Å². The highest BCUT2D eigenvalue weighted by atomic mass is 32.2. The molecule has 1 aliphatic carbocycles. The first-order valence-corrected chi connectivity index (χ1v) is 9.85. The quantitative estimate of drug-likeness (QED) is 0.896. The minimum Gasteiger partial charge on any atom is -0.303 e. The predicted molar refractivity (Wildman–Crippen MR) is 88.4 cm³/mol. The normalized spacial score (nSPS) is 20.8. The molecule has 0 atom stereocenters. The van der Waals surface area contributed by atoms with Crippen molar-refractivity contribution in [2.24, 2.45) is 5.92 Å². The summed E-state index contributed by atoms with van der Waals surface area (Å²) in [5.74, 6) is 0.533. The molecule has 2 fully saturated rings. The van der Waals surface area contributed by atoms with Crippen LogP contribution in [0.4, 0.5) is 4.39 Å². The Hall–Kier alpha value is -0.980. The number of rotatable bonds is 5. The monoisotopic (exact) mass is 340 g/mol. The Balaban J connectivity index is 1.62. The molecule has 3 rings (SSSR count). The van der Waals surface area contributed by atoms with Crippen LogP contribution in [0.3, 0.4) is 0 Å². The fraction of sp³-hybridized carbons (Fsp3) is 0.647. The molecule has 1 aromatic carbocycles. The molecule has 0 radical (unpaired) electrons. The average Bonchev–Trinajstić information content (AvgIpc) is 3.30. The summed E-state index contributed by atoms with van der Waals surface area (Å²) in [5, 5.41) is 0. The van der Waals surface area contributed by atoms with Crippen LogP contribution in [0, 0.1) is 25.6 Å². The van der Waals surface area contributed by atoms with Crippen LogP contribution in [0.15, 0.2) is 17.0 Å². The Labute approximate surface area is 138 Å². The zero-order valence-electron chi connectivity index (χ0n) is 13.8. The van der Waals surface area contributed by atoms with E-state index in [4.69, 9.17) is 0 Å². The highest BCUT2D eigenvalue weighted by Gasteiger charge is 2.29.